The fourth-order valence-corrected chi connectivity index (χ4v) is 3.03. The summed E-state index contributed by atoms with van der Waals surface area (Å²) in [7, 11) is 1.95. The Kier molecular flexibility index (Phi) is 2.66. The van der Waals surface area contributed by atoms with Crippen molar-refractivity contribution in [2.24, 2.45) is 7.05 Å². The number of hydrogen-bond acceptors (Lipinski definition) is 4. The molecule has 3 heterocycles. The smallest absolute Gasteiger partial charge is 0.182 e. The third-order valence-electron chi connectivity index (χ3n) is 2.99. The first-order valence-electron chi connectivity index (χ1n) is 5.76. The minimum Gasteiger partial charge on any atom is -0.309 e. The lowest BCUT2D eigenvalue weighted by Crippen LogP contribution is -2.07. The number of aromatic nitrogens is 5. The van der Waals surface area contributed by atoms with E-state index in [9.17, 15) is 0 Å². The topological polar surface area (TPSA) is 48.5 Å². The summed E-state index contributed by atoms with van der Waals surface area (Å²) in [5.74, 6) is 4.33. The van der Waals surface area contributed by atoms with Crippen molar-refractivity contribution in [3.8, 4) is 11.5 Å². The molecule has 17 heavy (non-hydrogen) atoms. The summed E-state index contributed by atoms with van der Waals surface area (Å²) in [4.78, 5) is 0. The Bertz CT molecular complexity index is 542. The molecule has 3 rings (SSSR count). The largest absolute Gasteiger partial charge is 0.309 e. The molecule has 2 aromatic heterocycles. The molecular weight excluding hydrogens is 234 g/mol. The van der Waals surface area contributed by atoms with E-state index in [1.807, 2.05) is 30.4 Å². The average Bonchev–Trinajstić information content (AvgIpc) is 2.74. The van der Waals surface area contributed by atoms with E-state index < -0.39 is 0 Å². The molecule has 0 amide bonds. The van der Waals surface area contributed by atoms with Gasteiger partial charge in [-0.05, 0) is 13.0 Å². The molecule has 6 heteroatoms. The summed E-state index contributed by atoms with van der Waals surface area (Å²) >= 11 is 1.98. The Balaban J connectivity index is 2.09. The van der Waals surface area contributed by atoms with Crippen molar-refractivity contribution in [3.05, 3.63) is 17.6 Å². The second-order valence-electron chi connectivity index (χ2n) is 4.25. The van der Waals surface area contributed by atoms with Crippen molar-refractivity contribution in [2.75, 3.05) is 11.5 Å². The fourth-order valence-electron chi connectivity index (χ4n) is 2.19. The second kappa shape index (κ2) is 4.18. The van der Waals surface area contributed by atoms with Crippen molar-refractivity contribution in [1.82, 2.24) is 24.5 Å². The van der Waals surface area contributed by atoms with Crippen LogP contribution >= 0.6 is 11.8 Å². The van der Waals surface area contributed by atoms with E-state index in [-0.39, 0.29) is 0 Å². The van der Waals surface area contributed by atoms with Crippen LogP contribution in [0.1, 0.15) is 11.5 Å². The lowest BCUT2D eigenvalue weighted by Gasteiger charge is -2.06. The normalized spacial score (nSPS) is 15.6. The van der Waals surface area contributed by atoms with Gasteiger partial charge in [0.1, 0.15) is 11.5 Å². The van der Waals surface area contributed by atoms with Gasteiger partial charge in [-0.25, -0.2) is 0 Å². The molecule has 0 radical (unpaired) electrons. The first kappa shape index (κ1) is 10.8. The standard InChI is InChI=1S/C11H15N5S/c1-8-7-9(15(2)14-8)11-13-12-10-3-5-17-6-4-16(10)11/h7H,3-6H2,1-2H3. The molecule has 90 valence electrons. The summed E-state index contributed by atoms with van der Waals surface area (Å²) in [5.41, 5.74) is 2.07. The third-order valence-corrected chi connectivity index (χ3v) is 3.95. The van der Waals surface area contributed by atoms with Gasteiger partial charge >= 0.3 is 0 Å². The minimum absolute atomic E-state index is 0.950. The molecule has 0 saturated heterocycles. The van der Waals surface area contributed by atoms with Crippen LogP contribution in [0.5, 0.6) is 0 Å². The third kappa shape index (κ3) is 1.86. The van der Waals surface area contributed by atoms with E-state index in [0.717, 1.165) is 47.5 Å². The van der Waals surface area contributed by atoms with Crippen molar-refractivity contribution in [1.29, 1.82) is 0 Å². The van der Waals surface area contributed by atoms with Crippen LogP contribution in [-0.4, -0.2) is 36.1 Å². The van der Waals surface area contributed by atoms with Crippen molar-refractivity contribution >= 4 is 11.8 Å². The molecule has 2 aromatic rings. The van der Waals surface area contributed by atoms with Gasteiger partial charge < -0.3 is 4.57 Å². The summed E-state index contributed by atoms with van der Waals surface area (Å²) in [6.07, 6.45) is 1.01. The van der Waals surface area contributed by atoms with E-state index in [1.54, 1.807) is 0 Å². The van der Waals surface area contributed by atoms with Crippen LogP contribution in [0.3, 0.4) is 0 Å². The molecule has 0 atom stereocenters. The van der Waals surface area contributed by atoms with Crippen LogP contribution in [0.2, 0.25) is 0 Å². The second-order valence-corrected chi connectivity index (χ2v) is 5.47. The van der Waals surface area contributed by atoms with Crippen LogP contribution in [0.25, 0.3) is 11.5 Å². The molecule has 0 spiro atoms. The van der Waals surface area contributed by atoms with Gasteiger partial charge in [-0.3, -0.25) is 4.68 Å². The highest BCUT2D eigenvalue weighted by Crippen LogP contribution is 2.22. The van der Waals surface area contributed by atoms with Crippen LogP contribution in [-0.2, 0) is 20.0 Å². The van der Waals surface area contributed by atoms with Gasteiger partial charge in [0, 0.05) is 31.5 Å². The number of fused-ring (bicyclic) bond motifs is 1. The lowest BCUT2D eigenvalue weighted by atomic mass is 10.3. The Labute approximate surface area is 104 Å². The maximum Gasteiger partial charge on any atom is 0.182 e. The molecule has 0 aliphatic carbocycles. The highest BCUT2D eigenvalue weighted by Gasteiger charge is 2.18. The number of aryl methyl sites for hydroxylation is 3. The Morgan fingerprint density at radius 1 is 1.29 bits per heavy atom. The monoisotopic (exact) mass is 249 g/mol. The average molecular weight is 249 g/mol. The van der Waals surface area contributed by atoms with E-state index in [4.69, 9.17) is 0 Å². The SMILES string of the molecule is Cc1cc(-c2nnc3n2CCSCC3)n(C)n1. The first-order chi connectivity index (χ1) is 8.25. The van der Waals surface area contributed by atoms with Gasteiger partial charge in [0.25, 0.3) is 0 Å². The van der Waals surface area contributed by atoms with Crippen LogP contribution < -0.4 is 0 Å². The van der Waals surface area contributed by atoms with Crippen molar-refractivity contribution in [2.45, 2.75) is 19.9 Å². The molecule has 1 aliphatic rings. The van der Waals surface area contributed by atoms with Crippen molar-refractivity contribution in [3.63, 3.8) is 0 Å². The molecule has 0 fully saturated rings. The van der Waals surface area contributed by atoms with Gasteiger partial charge in [-0.15, -0.1) is 10.2 Å². The predicted octanol–water partition coefficient (Wildman–Crippen LogP) is 1.28. The van der Waals surface area contributed by atoms with Gasteiger partial charge in [0.05, 0.1) is 5.69 Å². The van der Waals surface area contributed by atoms with Crippen LogP contribution in [0, 0.1) is 6.92 Å². The maximum atomic E-state index is 4.37. The predicted molar refractivity (Wildman–Crippen MR) is 68.0 cm³/mol. The Morgan fingerprint density at radius 2 is 2.18 bits per heavy atom. The molecule has 0 N–H and O–H groups in total. The summed E-state index contributed by atoms with van der Waals surface area (Å²) < 4.78 is 4.11. The summed E-state index contributed by atoms with van der Waals surface area (Å²) in [6, 6.07) is 2.06. The molecular formula is C11H15N5S. The van der Waals surface area contributed by atoms with E-state index in [2.05, 4.69) is 25.9 Å². The molecule has 0 saturated carbocycles. The maximum absolute atomic E-state index is 4.37. The zero-order valence-electron chi connectivity index (χ0n) is 10.1. The Morgan fingerprint density at radius 3 is 2.94 bits per heavy atom. The zero-order valence-corrected chi connectivity index (χ0v) is 10.9. The number of thioether (sulfide) groups is 1. The minimum atomic E-state index is 0.950. The van der Waals surface area contributed by atoms with Crippen LogP contribution in [0.4, 0.5) is 0 Å². The van der Waals surface area contributed by atoms with Gasteiger partial charge in [0.15, 0.2) is 5.82 Å². The molecule has 1 aliphatic heterocycles. The fraction of sp³-hybridized carbons (Fsp3) is 0.545. The summed E-state index contributed by atoms with van der Waals surface area (Å²) in [5, 5.41) is 13.0. The quantitative estimate of drug-likeness (QED) is 0.764. The first-order valence-corrected chi connectivity index (χ1v) is 6.92. The van der Waals surface area contributed by atoms with E-state index in [0.29, 0.717) is 0 Å². The zero-order chi connectivity index (χ0) is 11.8. The highest BCUT2D eigenvalue weighted by molar-refractivity contribution is 7.99. The van der Waals surface area contributed by atoms with Gasteiger partial charge in [0.2, 0.25) is 0 Å². The Hall–Kier alpha value is -1.30. The van der Waals surface area contributed by atoms with Crippen LogP contribution in [0.15, 0.2) is 6.07 Å². The lowest BCUT2D eigenvalue weighted by molar-refractivity contribution is 0.711. The number of hydrogen-bond donors (Lipinski definition) is 0. The molecule has 0 unspecified atom stereocenters. The van der Waals surface area contributed by atoms with Gasteiger partial charge in [-0.1, -0.05) is 0 Å². The summed E-state index contributed by atoms with van der Waals surface area (Å²) in [6.45, 7) is 2.99. The molecule has 5 nitrogen and oxygen atoms in total. The number of rotatable bonds is 1. The molecule has 0 bridgehead atoms. The molecule has 0 aromatic carbocycles. The van der Waals surface area contributed by atoms with Crippen molar-refractivity contribution < 1.29 is 0 Å². The van der Waals surface area contributed by atoms with E-state index in [1.165, 1.54) is 0 Å². The highest BCUT2D eigenvalue weighted by atomic mass is 32.2. The number of nitrogens with zero attached hydrogens (tertiary/aromatic N) is 5. The van der Waals surface area contributed by atoms with Gasteiger partial charge in [-0.2, -0.15) is 16.9 Å². The van der Waals surface area contributed by atoms with E-state index >= 15 is 0 Å².